The average molecular weight is 492 g/mol. The topological polar surface area (TPSA) is 117 Å². The maximum Gasteiger partial charge on any atom is 0.161 e. The van der Waals surface area contributed by atoms with E-state index in [9.17, 15) is 0 Å². The van der Waals surface area contributed by atoms with Crippen molar-refractivity contribution in [1.29, 1.82) is 0 Å². The van der Waals surface area contributed by atoms with Crippen LogP contribution < -0.4 is 15.4 Å². The van der Waals surface area contributed by atoms with Gasteiger partial charge in [0, 0.05) is 34.5 Å². The Balaban J connectivity index is 1.24. The van der Waals surface area contributed by atoms with Crippen molar-refractivity contribution in [1.82, 2.24) is 30.5 Å². The van der Waals surface area contributed by atoms with E-state index in [-0.39, 0.29) is 6.10 Å². The highest BCUT2D eigenvalue weighted by atomic mass is 16.5. The Morgan fingerprint density at radius 1 is 1.00 bits per heavy atom. The number of rotatable bonds is 5. The monoisotopic (exact) mass is 491 g/mol. The first-order valence-electron chi connectivity index (χ1n) is 12.4. The summed E-state index contributed by atoms with van der Waals surface area (Å²) in [6.45, 7) is 1.97. The van der Waals surface area contributed by atoms with Gasteiger partial charge in [0.2, 0.25) is 0 Å². The number of fused-ring (bicyclic) bond motifs is 2. The molecule has 0 spiro atoms. The summed E-state index contributed by atoms with van der Waals surface area (Å²) >= 11 is 0. The fourth-order valence-electron chi connectivity index (χ4n) is 4.92. The van der Waals surface area contributed by atoms with Crippen LogP contribution >= 0.6 is 0 Å². The summed E-state index contributed by atoms with van der Waals surface area (Å²) in [5.41, 5.74) is 6.54. The molecule has 9 heteroatoms. The molecule has 7 rings (SSSR count). The lowest BCUT2D eigenvalue weighted by Crippen LogP contribution is -2.34. The molecule has 9 nitrogen and oxygen atoms in total. The number of hydrogen-bond donors (Lipinski definition) is 4. The van der Waals surface area contributed by atoms with Gasteiger partial charge in [-0.2, -0.15) is 5.10 Å². The van der Waals surface area contributed by atoms with E-state index in [1.807, 2.05) is 36.7 Å². The Morgan fingerprint density at radius 3 is 2.84 bits per heavy atom. The van der Waals surface area contributed by atoms with Gasteiger partial charge in [-0.25, -0.2) is 4.98 Å². The number of anilines is 1. The lowest BCUT2D eigenvalue weighted by atomic mass is 10.0. The molecular weight excluding hydrogens is 466 g/mol. The van der Waals surface area contributed by atoms with Gasteiger partial charge in [0.25, 0.3) is 0 Å². The number of pyridine rings is 1. The number of allylic oxidation sites excluding steroid dienone is 2. The number of H-pyrrole nitrogens is 2. The highest BCUT2D eigenvalue weighted by molar-refractivity contribution is 5.95. The van der Waals surface area contributed by atoms with Gasteiger partial charge in [-0.1, -0.05) is 12.1 Å². The molecule has 0 bridgehead atoms. The summed E-state index contributed by atoms with van der Waals surface area (Å²) in [5.74, 6) is 2.20. The fourth-order valence-corrected chi connectivity index (χ4v) is 4.92. The molecule has 1 saturated heterocycles. The summed E-state index contributed by atoms with van der Waals surface area (Å²) < 4.78 is 11.5. The van der Waals surface area contributed by atoms with Crippen LogP contribution in [0.25, 0.3) is 39.1 Å². The molecule has 1 aromatic carbocycles. The van der Waals surface area contributed by atoms with Crippen LogP contribution in [0.2, 0.25) is 0 Å². The van der Waals surface area contributed by atoms with Crippen molar-refractivity contribution >= 4 is 22.3 Å². The number of nitrogens with zero attached hydrogens (tertiary/aromatic N) is 3. The molecule has 0 unspecified atom stereocenters. The van der Waals surface area contributed by atoms with Crippen LogP contribution in [0, 0.1) is 0 Å². The second-order valence-electron chi connectivity index (χ2n) is 9.21. The second-order valence-corrected chi connectivity index (χ2v) is 9.21. The van der Waals surface area contributed by atoms with E-state index in [4.69, 9.17) is 14.1 Å². The van der Waals surface area contributed by atoms with Crippen molar-refractivity contribution in [3.8, 4) is 28.4 Å². The molecule has 6 heterocycles. The van der Waals surface area contributed by atoms with E-state index in [0.29, 0.717) is 5.82 Å². The third kappa shape index (κ3) is 4.09. The van der Waals surface area contributed by atoms with E-state index < -0.39 is 0 Å². The predicted molar refractivity (Wildman–Crippen MR) is 142 cm³/mol. The molecule has 1 fully saturated rings. The van der Waals surface area contributed by atoms with E-state index in [1.165, 1.54) is 0 Å². The Morgan fingerprint density at radius 2 is 1.95 bits per heavy atom. The number of nitrogens with one attached hydrogen (secondary N) is 4. The summed E-state index contributed by atoms with van der Waals surface area (Å²) in [7, 11) is 0. The van der Waals surface area contributed by atoms with E-state index in [0.717, 1.165) is 82.1 Å². The number of imidazole rings is 1. The van der Waals surface area contributed by atoms with Gasteiger partial charge in [-0.3, -0.25) is 10.1 Å². The largest absolute Gasteiger partial charge is 0.489 e. The molecule has 0 aliphatic carbocycles. The summed E-state index contributed by atoms with van der Waals surface area (Å²) in [5, 5.41) is 15.3. The van der Waals surface area contributed by atoms with Crippen molar-refractivity contribution in [2.24, 2.45) is 0 Å². The Labute approximate surface area is 212 Å². The van der Waals surface area contributed by atoms with Crippen LogP contribution in [0.15, 0.2) is 78.0 Å². The molecule has 4 aromatic heterocycles. The van der Waals surface area contributed by atoms with Crippen LogP contribution in [0.1, 0.15) is 24.1 Å². The molecule has 0 atom stereocenters. The van der Waals surface area contributed by atoms with Gasteiger partial charge in [-0.05, 0) is 61.8 Å². The predicted octanol–water partition coefficient (Wildman–Crippen LogP) is 5.11. The zero-order valence-electron chi connectivity index (χ0n) is 20.0. The van der Waals surface area contributed by atoms with Gasteiger partial charge in [0.05, 0.1) is 29.9 Å². The molecule has 184 valence electrons. The molecule has 0 radical (unpaired) electrons. The first-order chi connectivity index (χ1) is 18.3. The van der Waals surface area contributed by atoms with Gasteiger partial charge >= 0.3 is 0 Å². The van der Waals surface area contributed by atoms with Crippen LogP contribution in [0.5, 0.6) is 5.75 Å². The molecule has 37 heavy (non-hydrogen) atoms. The molecule has 0 saturated carbocycles. The minimum absolute atomic E-state index is 0.222. The normalized spacial score (nSPS) is 15.7. The average Bonchev–Trinajstić information content (AvgIpc) is 3.68. The fraction of sp³-hybridized carbons (Fsp3) is 0.179. The van der Waals surface area contributed by atoms with E-state index >= 15 is 0 Å². The summed E-state index contributed by atoms with van der Waals surface area (Å²) in [4.78, 5) is 12.8. The van der Waals surface area contributed by atoms with E-state index in [2.05, 4.69) is 49.0 Å². The smallest absolute Gasteiger partial charge is 0.161 e. The number of benzene rings is 1. The molecule has 4 N–H and O–H groups in total. The zero-order chi connectivity index (χ0) is 24.6. The van der Waals surface area contributed by atoms with Gasteiger partial charge < -0.3 is 24.8 Å². The number of aromatic amines is 2. The SMILES string of the molecule is C1=CNc2nc(-c3n[nH]c4ccc(-c5cncc(OC6CCNCC6)c5)cc34)[nH]c2C(c2ccoc2)=C1. The van der Waals surface area contributed by atoms with Crippen molar-refractivity contribution in [2.75, 3.05) is 18.4 Å². The highest BCUT2D eigenvalue weighted by Gasteiger charge is 2.21. The van der Waals surface area contributed by atoms with Crippen LogP contribution in [-0.2, 0) is 0 Å². The van der Waals surface area contributed by atoms with Crippen molar-refractivity contribution in [3.05, 3.63) is 84.9 Å². The third-order valence-electron chi connectivity index (χ3n) is 6.81. The van der Waals surface area contributed by atoms with Crippen molar-refractivity contribution in [2.45, 2.75) is 18.9 Å². The van der Waals surface area contributed by atoms with E-state index in [1.54, 1.807) is 18.7 Å². The maximum atomic E-state index is 6.22. The Bertz CT molecular complexity index is 1620. The molecule has 5 aromatic rings. The minimum Gasteiger partial charge on any atom is -0.489 e. The van der Waals surface area contributed by atoms with Crippen LogP contribution in [0.4, 0.5) is 5.82 Å². The number of piperidine rings is 1. The molecule has 0 amide bonds. The van der Waals surface area contributed by atoms with Gasteiger partial charge in [0.1, 0.15) is 17.5 Å². The molecular formula is C28H25N7O2. The standard InChI is InChI=1S/C28H25N7O2/c1-2-22(18-7-11-36-16-18)25-27(31-8-1)33-28(32-25)26-23-13-17(3-4-24(23)34-35-26)19-12-21(15-30-14-19)37-20-5-9-29-10-6-20/h1-4,7-8,11-16,20,29,31H,5-6,9-10H2,(H,32,33)(H,34,35). The zero-order valence-corrected chi connectivity index (χ0v) is 20.0. The number of ether oxygens (including phenoxy) is 1. The minimum atomic E-state index is 0.222. The van der Waals surface area contributed by atoms with Crippen LogP contribution in [0.3, 0.4) is 0 Å². The van der Waals surface area contributed by atoms with Gasteiger partial charge in [-0.15, -0.1) is 0 Å². The lowest BCUT2D eigenvalue weighted by molar-refractivity contribution is 0.162. The summed E-state index contributed by atoms with van der Waals surface area (Å²) in [6, 6.07) is 10.2. The number of hydrogen-bond acceptors (Lipinski definition) is 7. The molecule has 2 aliphatic heterocycles. The maximum absolute atomic E-state index is 6.22. The number of furan rings is 1. The Kier molecular flexibility index (Phi) is 5.32. The van der Waals surface area contributed by atoms with Crippen LogP contribution in [-0.4, -0.2) is 44.3 Å². The lowest BCUT2D eigenvalue weighted by Gasteiger charge is -2.23. The quantitative estimate of drug-likeness (QED) is 0.270. The second kappa shape index (κ2) is 9.11. The first kappa shape index (κ1) is 21.6. The van der Waals surface area contributed by atoms with Gasteiger partial charge in [0.15, 0.2) is 11.6 Å². The molecule has 2 aliphatic rings. The van der Waals surface area contributed by atoms with Crippen molar-refractivity contribution in [3.63, 3.8) is 0 Å². The Hall–Kier alpha value is -4.63. The third-order valence-corrected chi connectivity index (χ3v) is 6.81. The first-order valence-corrected chi connectivity index (χ1v) is 12.4. The highest BCUT2D eigenvalue weighted by Crippen LogP contribution is 2.35. The number of aromatic nitrogens is 5. The van der Waals surface area contributed by atoms with Crippen molar-refractivity contribution < 1.29 is 9.15 Å². The summed E-state index contributed by atoms with van der Waals surface area (Å²) in [6.07, 6.45) is 15.1.